The Morgan fingerprint density at radius 1 is 1.11 bits per heavy atom. The van der Waals surface area contributed by atoms with Gasteiger partial charge >= 0.3 is 11.9 Å². The molecule has 0 aromatic heterocycles. The predicted molar refractivity (Wildman–Crippen MR) is 66.0 cm³/mol. The first kappa shape index (κ1) is 16.8. The Morgan fingerprint density at radius 2 is 1.42 bits per heavy atom. The van der Waals surface area contributed by atoms with Gasteiger partial charge in [0.15, 0.2) is 0 Å². The van der Waals surface area contributed by atoms with Crippen LogP contribution in [0, 0.1) is 0 Å². The van der Waals surface area contributed by atoms with Gasteiger partial charge in [0, 0.05) is 0 Å². The van der Waals surface area contributed by atoms with Crippen molar-refractivity contribution < 1.29 is 32.8 Å². The number of hydrogen-bond donors (Lipinski definition) is 3. The number of allylic oxidation sites excluding steroid dienone is 1. The zero-order chi connectivity index (χ0) is 15.2. The number of carboxylic acid groups (broad SMARTS) is 2. The van der Waals surface area contributed by atoms with E-state index >= 15 is 0 Å². The van der Waals surface area contributed by atoms with Crippen LogP contribution in [0.4, 0.5) is 0 Å². The van der Waals surface area contributed by atoms with E-state index in [-0.39, 0.29) is 0 Å². The number of rotatable bonds is 3. The van der Waals surface area contributed by atoms with Gasteiger partial charge in [-0.3, -0.25) is 4.55 Å². The van der Waals surface area contributed by atoms with Crippen molar-refractivity contribution in [2.24, 2.45) is 0 Å². The number of benzene rings is 1. The van der Waals surface area contributed by atoms with Crippen LogP contribution in [0.15, 0.2) is 35.7 Å². The summed E-state index contributed by atoms with van der Waals surface area (Å²) in [6.07, 6.45) is 1.75. The molecule has 3 N–H and O–H groups in total. The first-order chi connectivity index (χ1) is 8.63. The van der Waals surface area contributed by atoms with Crippen molar-refractivity contribution >= 4 is 22.1 Å². The van der Waals surface area contributed by atoms with Crippen molar-refractivity contribution in [3.63, 3.8) is 0 Å². The lowest BCUT2D eigenvalue weighted by Gasteiger charge is -2.02. The van der Waals surface area contributed by atoms with Gasteiger partial charge in [0.25, 0.3) is 10.1 Å². The molecule has 0 bridgehead atoms. The summed E-state index contributed by atoms with van der Waals surface area (Å²) in [4.78, 5) is 20.4. The van der Waals surface area contributed by atoms with E-state index in [0.29, 0.717) is 12.1 Å². The molecule has 0 spiro atoms. The lowest BCUT2D eigenvalue weighted by Crippen LogP contribution is -2.07. The fourth-order valence-electron chi connectivity index (χ4n) is 0.995. The number of carboxylic acids is 2. The Labute approximate surface area is 109 Å². The van der Waals surface area contributed by atoms with Crippen LogP contribution in [0.1, 0.15) is 27.6 Å². The third-order valence-electron chi connectivity index (χ3n) is 1.70. The lowest BCUT2D eigenvalue weighted by molar-refractivity contribution is 0.0696. The molecule has 0 aliphatic carbocycles. The van der Waals surface area contributed by atoms with Gasteiger partial charge < -0.3 is 10.2 Å². The highest BCUT2D eigenvalue weighted by Crippen LogP contribution is 2.15. The van der Waals surface area contributed by atoms with Gasteiger partial charge in [0.1, 0.15) is 0 Å². The third kappa shape index (κ3) is 5.32. The Kier molecular flexibility index (Phi) is 5.90. The van der Waals surface area contributed by atoms with Gasteiger partial charge in [-0.25, -0.2) is 9.59 Å². The average Bonchev–Trinajstić information content (AvgIpc) is 2.28. The van der Waals surface area contributed by atoms with Gasteiger partial charge in [-0.15, -0.1) is 6.58 Å². The van der Waals surface area contributed by atoms with E-state index in [4.69, 9.17) is 14.8 Å². The highest BCUT2D eigenvalue weighted by atomic mass is 32.2. The van der Waals surface area contributed by atoms with Crippen molar-refractivity contribution in [3.8, 4) is 0 Å². The molecule has 0 saturated carbocycles. The van der Waals surface area contributed by atoms with E-state index in [9.17, 15) is 18.0 Å². The predicted octanol–water partition coefficient (Wildman–Crippen LogP) is 1.52. The molecule has 0 fully saturated rings. The molecule has 0 unspecified atom stereocenters. The second-order valence-electron chi connectivity index (χ2n) is 3.24. The summed E-state index contributed by atoms with van der Waals surface area (Å²) in [5.74, 6) is -2.99. The maximum absolute atomic E-state index is 10.8. The zero-order valence-electron chi connectivity index (χ0n) is 9.90. The van der Waals surface area contributed by atoms with Crippen LogP contribution in [0.2, 0.25) is 0 Å². The Morgan fingerprint density at radius 3 is 1.63 bits per heavy atom. The quantitative estimate of drug-likeness (QED) is 0.568. The monoisotopic (exact) mass is 288 g/mol. The molecule has 1 aromatic carbocycles. The minimum absolute atomic E-state index is 0.535. The summed E-state index contributed by atoms with van der Waals surface area (Å²) in [6.45, 7) is 5.25. The maximum Gasteiger partial charge on any atom is 0.335 e. The first-order valence-electron chi connectivity index (χ1n) is 4.79. The molecule has 0 aliphatic rings. The second kappa shape index (κ2) is 6.66. The zero-order valence-corrected chi connectivity index (χ0v) is 10.7. The van der Waals surface area contributed by atoms with Crippen LogP contribution in [-0.2, 0) is 10.1 Å². The summed E-state index contributed by atoms with van der Waals surface area (Å²) in [5, 5.41) is 17.2. The molecule has 0 aliphatic heterocycles. The number of carbonyl (C=O) groups is 2. The van der Waals surface area contributed by atoms with Crippen molar-refractivity contribution in [1.29, 1.82) is 0 Å². The maximum atomic E-state index is 10.8. The highest BCUT2D eigenvalue weighted by Gasteiger charge is 2.17. The molecule has 0 saturated heterocycles. The SMILES string of the molecule is C=CC.O=C(O)c1cc(C(=O)O)cc(S(=O)(=O)O)c1. The summed E-state index contributed by atoms with van der Waals surface area (Å²) >= 11 is 0. The van der Waals surface area contributed by atoms with Gasteiger partial charge in [-0.1, -0.05) is 6.08 Å². The minimum Gasteiger partial charge on any atom is -0.478 e. The van der Waals surface area contributed by atoms with E-state index in [0.717, 1.165) is 6.07 Å². The van der Waals surface area contributed by atoms with Crippen molar-refractivity contribution in [2.45, 2.75) is 11.8 Å². The third-order valence-corrected chi connectivity index (χ3v) is 2.53. The molecular formula is C11H12O7S. The number of hydrogen-bond acceptors (Lipinski definition) is 4. The van der Waals surface area contributed by atoms with E-state index < -0.39 is 38.1 Å². The van der Waals surface area contributed by atoms with Crippen LogP contribution in [0.5, 0.6) is 0 Å². The van der Waals surface area contributed by atoms with Crippen LogP contribution in [0.25, 0.3) is 0 Å². The minimum atomic E-state index is -4.64. The normalized spacial score (nSPS) is 10.0. The molecule has 7 nitrogen and oxygen atoms in total. The summed E-state index contributed by atoms with van der Waals surface area (Å²) in [5.41, 5.74) is -1.07. The van der Waals surface area contributed by atoms with Gasteiger partial charge in [-0.05, 0) is 25.1 Å². The van der Waals surface area contributed by atoms with Crippen LogP contribution >= 0.6 is 0 Å². The first-order valence-corrected chi connectivity index (χ1v) is 6.23. The molecule has 19 heavy (non-hydrogen) atoms. The summed E-state index contributed by atoms with van der Waals surface area (Å²) in [7, 11) is -4.64. The average molecular weight is 288 g/mol. The van der Waals surface area contributed by atoms with Gasteiger partial charge in [-0.2, -0.15) is 8.42 Å². The molecule has 0 amide bonds. The van der Waals surface area contributed by atoms with E-state index in [1.807, 2.05) is 6.92 Å². The Hall–Kier alpha value is -2.19. The summed E-state index contributed by atoms with van der Waals surface area (Å²) in [6, 6.07) is 2.13. The second-order valence-corrected chi connectivity index (χ2v) is 4.66. The van der Waals surface area contributed by atoms with E-state index in [1.54, 1.807) is 6.08 Å². The molecule has 0 radical (unpaired) electrons. The van der Waals surface area contributed by atoms with Gasteiger partial charge in [0.2, 0.25) is 0 Å². The summed E-state index contributed by atoms with van der Waals surface area (Å²) < 4.78 is 30.2. The standard InChI is InChI=1S/C8H6O7S.C3H6/c9-7(10)4-1-5(8(11)12)3-6(2-4)16(13,14)15;1-3-2/h1-3H,(H,9,10)(H,11,12)(H,13,14,15);3H,1H2,2H3. The van der Waals surface area contributed by atoms with Crippen molar-refractivity contribution in [2.75, 3.05) is 0 Å². The van der Waals surface area contributed by atoms with Crippen LogP contribution in [0.3, 0.4) is 0 Å². The fourth-order valence-corrected chi connectivity index (χ4v) is 1.55. The smallest absolute Gasteiger partial charge is 0.335 e. The molecule has 0 heterocycles. The van der Waals surface area contributed by atoms with Crippen molar-refractivity contribution in [3.05, 3.63) is 42.0 Å². The number of aromatic carboxylic acids is 2. The topological polar surface area (TPSA) is 129 Å². The molecule has 104 valence electrons. The lowest BCUT2D eigenvalue weighted by atomic mass is 10.1. The van der Waals surface area contributed by atoms with Crippen LogP contribution < -0.4 is 0 Å². The Balaban J connectivity index is 0.000000982. The van der Waals surface area contributed by atoms with Crippen molar-refractivity contribution in [1.82, 2.24) is 0 Å². The van der Waals surface area contributed by atoms with Gasteiger partial charge in [0.05, 0.1) is 16.0 Å². The molecular weight excluding hydrogens is 276 g/mol. The molecule has 1 aromatic rings. The Bertz CT molecular complexity index is 569. The fraction of sp³-hybridized carbons (Fsp3) is 0.0909. The van der Waals surface area contributed by atoms with E-state index in [2.05, 4.69) is 6.58 Å². The molecule has 0 atom stereocenters. The molecule has 1 rings (SSSR count). The highest BCUT2D eigenvalue weighted by molar-refractivity contribution is 7.85. The van der Waals surface area contributed by atoms with Crippen LogP contribution in [-0.4, -0.2) is 35.1 Å². The molecule has 8 heteroatoms. The largest absolute Gasteiger partial charge is 0.478 e. The van der Waals surface area contributed by atoms with E-state index in [1.165, 1.54) is 0 Å².